The molecule has 2 aliphatic rings. The van der Waals surface area contributed by atoms with Crippen LogP contribution in [0.15, 0.2) is 30.3 Å². The normalized spacial score (nSPS) is 17.2. The van der Waals surface area contributed by atoms with Crippen LogP contribution in [0.2, 0.25) is 0 Å². The molecule has 0 amide bonds. The summed E-state index contributed by atoms with van der Waals surface area (Å²) in [6.07, 6.45) is 4.86. The van der Waals surface area contributed by atoms with Gasteiger partial charge in [-0.3, -0.25) is 0 Å². The average molecular weight is 459 g/mol. The lowest BCUT2D eigenvalue weighted by Crippen LogP contribution is -2.45. The van der Waals surface area contributed by atoms with Crippen molar-refractivity contribution in [1.82, 2.24) is 19.6 Å². The molecule has 2 aromatic rings. The highest BCUT2D eigenvalue weighted by Crippen LogP contribution is 2.28. The van der Waals surface area contributed by atoms with Gasteiger partial charge in [-0.1, -0.05) is 30.3 Å². The number of aryl methyl sites for hydroxylation is 1. The van der Waals surface area contributed by atoms with Gasteiger partial charge in [-0.05, 0) is 44.7 Å². The first-order chi connectivity index (χ1) is 15.5. The van der Waals surface area contributed by atoms with Crippen molar-refractivity contribution in [3.8, 4) is 0 Å². The van der Waals surface area contributed by atoms with Gasteiger partial charge >= 0.3 is 0 Å². The molecule has 8 nitrogen and oxygen atoms in total. The fourth-order valence-electron chi connectivity index (χ4n) is 4.25. The van der Waals surface area contributed by atoms with Gasteiger partial charge in [-0.15, -0.1) is 0 Å². The van der Waals surface area contributed by atoms with E-state index in [-0.39, 0.29) is 5.75 Å². The van der Waals surface area contributed by atoms with Gasteiger partial charge in [0.1, 0.15) is 5.82 Å². The summed E-state index contributed by atoms with van der Waals surface area (Å²) in [5, 5.41) is 3.32. The third-order valence-electron chi connectivity index (χ3n) is 6.20. The van der Waals surface area contributed by atoms with Crippen LogP contribution in [0, 0.1) is 0 Å². The fourth-order valence-corrected chi connectivity index (χ4v) is 5.17. The third kappa shape index (κ3) is 6.17. The molecule has 1 fully saturated rings. The number of fused-ring (bicyclic) bond motifs is 1. The lowest BCUT2D eigenvalue weighted by atomic mass is 9.96. The molecule has 1 aliphatic heterocycles. The number of hydrogen-bond donors (Lipinski definition) is 2. The maximum atomic E-state index is 12.4. The van der Waals surface area contributed by atoms with E-state index < -0.39 is 10.0 Å². The molecular formula is C23H34N6O2S. The number of piperazine rings is 1. The van der Waals surface area contributed by atoms with Gasteiger partial charge in [-0.25, -0.2) is 18.1 Å². The molecule has 174 valence electrons. The summed E-state index contributed by atoms with van der Waals surface area (Å²) in [4.78, 5) is 14.2. The molecule has 32 heavy (non-hydrogen) atoms. The smallest absolute Gasteiger partial charge is 0.227 e. The van der Waals surface area contributed by atoms with Crippen LogP contribution in [0.3, 0.4) is 0 Å². The molecule has 0 atom stereocenters. The Morgan fingerprint density at radius 2 is 1.72 bits per heavy atom. The molecule has 2 heterocycles. The van der Waals surface area contributed by atoms with E-state index >= 15 is 0 Å². The van der Waals surface area contributed by atoms with E-state index in [0.29, 0.717) is 19.5 Å². The summed E-state index contributed by atoms with van der Waals surface area (Å²) < 4.78 is 27.6. The van der Waals surface area contributed by atoms with Crippen molar-refractivity contribution in [3.63, 3.8) is 0 Å². The van der Waals surface area contributed by atoms with Gasteiger partial charge in [0.2, 0.25) is 16.0 Å². The molecule has 0 bridgehead atoms. The van der Waals surface area contributed by atoms with Gasteiger partial charge in [0.05, 0.1) is 11.4 Å². The van der Waals surface area contributed by atoms with Gasteiger partial charge in [0, 0.05) is 44.8 Å². The Labute approximate surface area is 191 Å². The number of hydrogen-bond acceptors (Lipinski definition) is 7. The number of likely N-dealkylation sites (N-methyl/N-ethyl adjacent to an activating group) is 1. The standard InChI is InChI=1S/C23H34N6O2S/c1-28-14-16-29(17-15-28)23-26-21-10-6-5-9-20(21)22(27-23)24-13-18-32(30,31)25-12-11-19-7-3-2-4-8-19/h2-4,7-8,25H,5-6,9-18H2,1H3,(H,24,26,27). The van der Waals surface area contributed by atoms with Crippen LogP contribution in [0.5, 0.6) is 0 Å². The molecule has 1 saturated heterocycles. The predicted molar refractivity (Wildman–Crippen MR) is 129 cm³/mol. The first kappa shape index (κ1) is 22.9. The number of rotatable bonds is 9. The van der Waals surface area contributed by atoms with Crippen molar-refractivity contribution in [2.24, 2.45) is 0 Å². The van der Waals surface area contributed by atoms with Gasteiger partial charge < -0.3 is 15.1 Å². The largest absolute Gasteiger partial charge is 0.369 e. The Morgan fingerprint density at radius 1 is 0.969 bits per heavy atom. The summed E-state index contributed by atoms with van der Waals surface area (Å²) in [6.45, 7) is 4.55. The molecule has 0 saturated carbocycles. The van der Waals surface area contributed by atoms with Crippen LogP contribution in [0.1, 0.15) is 29.7 Å². The minimum absolute atomic E-state index is 0.0183. The van der Waals surface area contributed by atoms with E-state index in [9.17, 15) is 8.42 Å². The van der Waals surface area contributed by atoms with Gasteiger partial charge in [-0.2, -0.15) is 4.98 Å². The summed E-state index contributed by atoms with van der Waals surface area (Å²) in [6, 6.07) is 9.90. The number of benzene rings is 1. The molecule has 0 spiro atoms. The third-order valence-corrected chi connectivity index (χ3v) is 7.58. The monoisotopic (exact) mass is 458 g/mol. The van der Waals surface area contributed by atoms with Crippen LogP contribution in [-0.2, 0) is 29.3 Å². The van der Waals surface area contributed by atoms with Crippen LogP contribution >= 0.6 is 0 Å². The van der Waals surface area contributed by atoms with Crippen molar-refractivity contribution in [2.75, 3.05) is 62.3 Å². The number of nitrogens with one attached hydrogen (secondary N) is 2. The molecule has 9 heteroatoms. The quantitative estimate of drug-likeness (QED) is 0.591. The molecule has 0 radical (unpaired) electrons. The van der Waals surface area contributed by atoms with E-state index in [0.717, 1.165) is 80.4 Å². The zero-order valence-electron chi connectivity index (χ0n) is 18.9. The van der Waals surface area contributed by atoms with Crippen molar-refractivity contribution in [3.05, 3.63) is 47.2 Å². The first-order valence-corrected chi connectivity index (χ1v) is 13.2. The topological polar surface area (TPSA) is 90.5 Å². The second-order valence-corrected chi connectivity index (χ2v) is 10.6. The highest BCUT2D eigenvalue weighted by Gasteiger charge is 2.22. The van der Waals surface area contributed by atoms with Crippen LogP contribution in [-0.4, -0.2) is 75.4 Å². The second-order valence-electron chi connectivity index (χ2n) is 8.67. The van der Waals surface area contributed by atoms with Crippen molar-refractivity contribution in [2.45, 2.75) is 32.1 Å². The fraction of sp³-hybridized carbons (Fsp3) is 0.565. The highest BCUT2D eigenvalue weighted by molar-refractivity contribution is 7.89. The van der Waals surface area contributed by atoms with Gasteiger partial charge in [0.15, 0.2) is 0 Å². The first-order valence-electron chi connectivity index (χ1n) is 11.6. The van der Waals surface area contributed by atoms with E-state index in [1.165, 1.54) is 0 Å². The number of anilines is 2. The number of nitrogens with zero attached hydrogens (tertiary/aromatic N) is 4. The minimum Gasteiger partial charge on any atom is -0.369 e. The number of sulfonamides is 1. The number of aromatic nitrogens is 2. The van der Waals surface area contributed by atoms with E-state index in [4.69, 9.17) is 9.97 Å². The highest BCUT2D eigenvalue weighted by atomic mass is 32.2. The Bertz CT molecular complexity index is 991. The van der Waals surface area contributed by atoms with Crippen LogP contribution < -0.4 is 14.9 Å². The predicted octanol–water partition coefficient (Wildman–Crippen LogP) is 1.68. The van der Waals surface area contributed by atoms with Crippen LogP contribution in [0.25, 0.3) is 0 Å². The van der Waals surface area contributed by atoms with Crippen molar-refractivity contribution < 1.29 is 8.42 Å². The maximum Gasteiger partial charge on any atom is 0.227 e. The zero-order chi connectivity index (χ0) is 22.4. The minimum atomic E-state index is -3.35. The summed E-state index contributed by atoms with van der Waals surface area (Å²) in [5.41, 5.74) is 3.40. The Hall–Kier alpha value is -2.23. The van der Waals surface area contributed by atoms with E-state index in [2.05, 4.69) is 26.9 Å². The molecule has 4 rings (SSSR count). The Morgan fingerprint density at radius 3 is 2.50 bits per heavy atom. The lowest BCUT2D eigenvalue weighted by molar-refractivity contribution is 0.311. The zero-order valence-corrected chi connectivity index (χ0v) is 19.7. The SMILES string of the molecule is CN1CCN(c2nc3c(c(NCCS(=O)(=O)NCCc4ccccc4)n2)CCCC3)CC1. The lowest BCUT2D eigenvalue weighted by Gasteiger charge is -2.33. The van der Waals surface area contributed by atoms with E-state index in [1.807, 2.05) is 30.3 Å². The molecule has 1 aliphatic carbocycles. The Balaban J connectivity index is 1.36. The molecule has 1 aromatic heterocycles. The molecule has 1 aromatic carbocycles. The van der Waals surface area contributed by atoms with Crippen molar-refractivity contribution in [1.29, 1.82) is 0 Å². The molecule has 2 N–H and O–H groups in total. The average Bonchev–Trinajstić information content (AvgIpc) is 2.80. The summed E-state index contributed by atoms with van der Waals surface area (Å²) >= 11 is 0. The van der Waals surface area contributed by atoms with E-state index in [1.54, 1.807) is 0 Å². The molecule has 0 unspecified atom stereocenters. The Kier molecular flexibility index (Phi) is 7.59. The maximum absolute atomic E-state index is 12.4. The summed E-state index contributed by atoms with van der Waals surface area (Å²) in [5.74, 6) is 1.60. The summed E-state index contributed by atoms with van der Waals surface area (Å²) in [7, 11) is -1.22. The van der Waals surface area contributed by atoms with Crippen LogP contribution in [0.4, 0.5) is 11.8 Å². The second kappa shape index (κ2) is 10.6. The molecular weight excluding hydrogens is 424 g/mol. The van der Waals surface area contributed by atoms with Gasteiger partial charge in [0.25, 0.3) is 0 Å². The van der Waals surface area contributed by atoms with Crippen molar-refractivity contribution >= 4 is 21.8 Å².